The van der Waals surface area contributed by atoms with E-state index in [-0.39, 0.29) is 0 Å². The van der Waals surface area contributed by atoms with Crippen LogP contribution in [0.5, 0.6) is 0 Å². The maximum absolute atomic E-state index is 2.42. The van der Waals surface area contributed by atoms with Crippen LogP contribution in [-0.4, -0.2) is 4.57 Å². The summed E-state index contributed by atoms with van der Waals surface area (Å²) in [5.74, 6) is 0. The highest BCUT2D eigenvalue weighted by Crippen LogP contribution is 2.48. The van der Waals surface area contributed by atoms with E-state index in [9.17, 15) is 0 Å². The molecule has 180 valence electrons. The second kappa shape index (κ2) is 7.69. The Kier molecular flexibility index (Phi) is 4.11. The first kappa shape index (κ1) is 20.9. The summed E-state index contributed by atoms with van der Waals surface area (Å²) in [5.41, 5.74) is 11.5. The van der Waals surface area contributed by atoms with Gasteiger partial charge in [0.1, 0.15) is 0 Å². The summed E-state index contributed by atoms with van der Waals surface area (Å²) >= 11 is 0. The third-order valence-corrected chi connectivity index (χ3v) is 8.50. The minimum absolute atomic E-state index is 1.18. The van der Waals surface area contributed by atoms with Crippen molar-refractivity contribution in [2.45, 2.75) is 0 Å². The highest BCUT2D eigenvalue weighted by atomic mass is 15.0. The van der Waals surface area contributed by atoms with Crippen LogP contribution in [0.4, 0.5) is 0 Å². The summed E-state index contributed by atoms with van der Waals surface area (Å²) in [4.78, 5) is 0. The van der Waals surface area contributed by atoms with Gasteiger partial charge in [-0.2, -0.15) is 0 Å². The molecule has 0 atom stereocenters. The molecule has 9 rings (SSSR count). The fourth-order valence-corrected chi connectivity index (χ4v) is 6.81. The molecule has 1 aliphatic carbocycles. The monoisotopic (exact) mass is 493 g/mol. The molecule has 0 spiro atoms. The number of nitrogens with zero attached hydrogens (tertiary/aromatic N) is 1. The van der Waals surface area contributed by atoms with Crippen molar-refractivity contribution in [2.75, 3.05) is 0 Å². The Morgan fingerprint density at radius 3 is 1.97 bits per heavy atom. The molecule has 0 saturated heterocycles. The van der Waals surface area contributed by atoms with E-state index in [0.717, 1.165) is 0 Å². The van der Waals surface area contributed by atoms with Gasteiger partial charge < -0.3 is 4.57 Å². The van der Waals surface area contributed by atoms with E-state index in [4.69, 9.17) is 0 Å². The SMILES string of the molecule is c1cc(-c2ccc3c(c2)-c2cccc4cccc-3c24)cc(-n2c3ccccc3c3c4ccccc4ccc32)c1. The van der Waals surface area contributed by atoms with Crippen LogP contribution >= 0.6 is 0 Å². The lowest BCUT2D eigenvalue weighted by molar-refractivity contribution is 1.18. The molecule has 0 unspecified atom stereocenters. The standard InChI is InChI=1S/C38H23N/c1-2-13-29-24(8-1)19-21-36-38(29)33-14-3-4-17-35(33)39(36)28-12-5-11-26(22-28)27-18-20-30-31-15-6-9-25-10-7-16-32(37(25)31)34(30)23-27/h1-23H. The first-order valence-corrected chi connectivity index (χ1v) is 13.5. The topological polar surface area (TPSA) is 4.93 Å². The van der Waals surface area contributed by atoms with Crippen molar-refractivity contribution < 1.29 is 0 Å². The Labute approximate surface area is 226 Å². The van der Waals surface area contributed by atoms with E-state index in [0.29, 0.717) is 0 Å². The number of fused-ring (bicyclic) bond motifs is 8. The van der Waals surface area contributed by atoms with Crippen LogP contribution < -0.4 is 0 Å². The van der Waals surface area contributed by atoms with Crippen LogP contribution in [0.15, 0.2) is 140 Å². The highest BCUT2D eigenvalue weighted by molar-refractivity contribution is 6.21. The van der Waals surface area contributed by atoms with Crippen molar-refractivity contribution >= 4 is 43.4 Å². The van der Waals surface area contributed by atoms with Crippen LogP contribution in [0.2, 0.25) is 0 Å². The number of benzene rings is 7. The predicted molar refractivity (Wildman–Crippen MR) is 166 cm³/mol. The summed E-state index contributed by atoms with van der Waals surface area (Å²) < 4.78 is 2.42. The second-order valence-electron chi connectivity index (χ2n) is 10.6. The van der Waals surface area contributed by atoms with Gasteiger partial charge in [-0.05, 0) is 85.3 Å². The van der Waals surface area contributed by atoms with Gasteiger partial charge in [-0.1, -0.05) is 109 Å². The molecule has 8 aromatic rings. The first-order chi connectivity index (χ1) is 19.3. The van der Waals surface area contributed by atoms with Gasteiger partial charge in [-0.25, -0.2) is 0 Å². The van der Waals surface area contributed by atoms with Gasteiger partial charge in [0.15, 0.2) is 0 Å². The third-order valence-electron chi connectivity index (χ3n) is 8.50. The van der Waals surface area contributed by atoms with Crippen LogP contribution in [-0.2, 0) is 0 Å². The molecule has 0 bridgehead atoms. The zero-order valence-electron chi connectivity index (χ0n) is 21.2. The van der Waals surface area contributed by atoms with Crippen molar-refractivity contribution in [1.82, 2.24) is 4.57 Å². The quantitative estimate of drug-likeness (QED) is 0.226. The van der Waals surface area contributed by atoms with Crippen LogP contribution in [0.1, 0.15) is 0 Å². The number of hydrogen-bond donors (Lipinski definition) is 0. The van der Waals surface area contributed by atoms with Gasteiger partial charge in [-0.3, -0.25) is 0 Å². The Bertz CT molecular complexity index is 2280. The second-order valence-corrected chi connectivity index (χ2v) is 10.6. The molecule has 1 aliphatic rings. The van der Waals surface area contributed by atoms with Crippen molar-refractivity contribution in [3.63, 3.8) is 0 Å². The van der Waals surface area contributed by atoms with Gasteiger partial charge in [-0.15, -0.1) is 0 Å². The number of rotatable bonds is 2. The zero-order chi connectivity index (χ0) is 25.5. The molecule has 1 heteroatoms. The van der Waals surface area contributed by atoms with Gasteiger partial charge in [0.2, 0.25) is 0 Å². The van der Waals surface area contributed by atoms with E-state index in [1.165, 1.54) is 82.4 Å². The summed E-state index contributed by atoms with van der Waals surface area (Å²) in [7, 11) is 0. The third kappa shape index (κ3) is 2.85. The van der Waals surface area contributed by atoms with Crippen LogP contribution in [0.3, 0.4) is 0 Å². The Balaban J connectivity index is 1.26. The molecule has 7 aromatic carbocycles. The minimum atomic E-state index is 1.18. The molecule has 0 amide bonds. The van der Waals surface area contributed by atoms with Crippen molar-refractivity contribution in [1.29, 1.82) is 0 Å². The van der Waals surface area contributed by atoms with Gasteiger partial charge in [0.05, 0.1) is 11.0 Å². The first-order valence-electron chi connectivity index (χ1n) is 13.5. The van der Waals surface area contributed by atoms with E-state index in [2.05, 4.69) is 144 Å². The fraction of sp³-hybridized carbons (Fsp3) is 0. The highest BCUT2D eigenvalue weighted by Gasteiger charge is 2.21. The molecule has 0 radical (unpaired) electrons. The molecular formula is C38H23N. The lowest BCUT2D eigenvalue weighted by Gasteiger charge is -2.12. The lowest BCUT2D eigenvalue weighted by atomic mass is 9.97. The lowest BCUT2D eigenvalue weighted by Crippen LogP contribution is -1.94. The van der Waals surface area contributed by atoms with Gasteiger partial charge in [0, 0.05) is 16.5 Å². The predicted octanol–water partition coefficient (Wildman–Crippen LogP) is 10.4. The molecule has 0 aliphatic heterocycles. The van der Waals surface area contributed by atoms with Crippen molar-refractivity contribution in [2.24, 2.45) is 0 Å². The Morgan fingerprint density at radius 2 is 1.08 bits per heavy atom. The molecule has 0 fully saturated rings. The Morgan fingerprint density at radius 1 is 0.359 bits per heavy atom. The summed E-state index contributed by atoms with van der Waals surface area (Å²) in [6.07, 6.45) is 0. The molecule has 1 aromatic heterocycles. The molecule has 1 heterocycles. The average molecular weight is 494 g/mol. The Hall–Kier alpha value is -5.14. The summed E-state index contributed by atoms with van der Waals surface area (Å²) in [5, 5.41) is 7.86. The van der Waals surface area contributed by atoms with E-state index >= 15 is 0 Å². The van der Waals surface area contributed by atoms with E-state index in [1.807, 2.05) is 0 Å². The normalized spacial score (nSPS) is 12.1. The molecule has 1 nitrogen and oxygen atoms in total. The molecule has 0 saturated carbocycles. The largest absolute Gasteiger partial charge is 0.309 e. The molecule has 39 heavy (non-hydrogen) atoms. The van der Waals surface area contributed by atoms with Crippen molar-refractivity contribution in [3.05, 3.63) is 140 Å². The number of aromatic nitrogens is 1. The number of hydrogen-bond acceptors (Lipinski definition) is 0. The molecule has 0 N–H and O–H groups in total. The maximum Gasteiger partial charge on any atom is 0.0547 e. The van der Waals surface area contributed by atoms with Crippen molar-refractivity contribution in [3.8, 4) is 39.1 Å². The van der Waals surface area contributed by atoms with Gasteiger partial charge in [0.25, 0.3) is 0 Å². The van der Waals surface area contributed by atoms with Gasteiger partial charge >= 0.3 is 0 Å². The average Bonchev–Trinajstić information content (AvgIpc) is 3.52. The summed E-state index contributed by atoms with van der Waals surface area (Å²) in [6.45, 7) is 0. The zero-order valence-corrected chi connectivity index (χ0v) is 21.2. The van der Waals surface area contributed by atoms with E-state index in [1.54, 1.807) is 0 Å². The van der Waals surface area contributed by atoms with Crippen LogP contribution in [0.25, 0.3) is 82.4 Å². The number of para-hydroxylation sites is 1. The van der Waals surface area contributed by atoms with Crippen LogP contribution in [0, 0.1) is 0 Å². The fourth-order valence-electron chi connectivity index (χ4n) is 6.81. The smallest absolute Gasteiger partial charge is 0.0547 e. The van der Waals surface area contributed by atoms with E-state index < -0.39 is 0 Å². The molecular weight excluding hydrogens is 470 g/mol. The maximum atomic E-state index is 2.42. The summed E-state index contributed by atoms with van der Waals surface area (Å²) in [6, 6.07) is 51.3. The minimum Gasteiger partial charge on any atom is -0.309 e.